The van der Waals surface area contributed by atoms with E-state index < -0.39 is 0 Å². The summed E-state index contributed by atoms with van der Waals surface area (Å²) in [5, 5.41) is 0. The zero-order valence-corrected chi connectivity index (χ0v) is 16.7. The predicted octanol–water partition coefficient (Wildman–Crippen LogP) is 5.51. The van der Waals surface area contributed by atoms with Crippen LogP contribution in [0.4, 0.5) is 0 Å². The summed E-state index contributed by atoms with van der Waals surface area (Å²) in [7, 11) is 1.62. The van der Waals surface area contributed by atoms with E-state index in [1.807, 2.05) is 49.4 Å². The lowest BCUT2D eigenvalue weighted by atomic mass is 10.0. The molecular weight excluding hydrogens is 364 g/mol. The Morgan fingerprint density at radius 3 is 2.34 bits per heavy atom. The van der Waals surface area contributed by atoms with Gasteiger partial charge < -0.3 is 14.2 Å². The lowest BCUT2D eigenvalue weighted by Gasteiger charge is -2.09. The molecule has 4 nitrogen and oxygen atoms in total. The van der Waals surface area contributed by atoms with E-state index in [0.717, 1.165) is 22.4 Å². The van der Waals surface area contributed by atoms with Crippen LogP contribution in [0.15, 0.2) is 66.4 Å². The SMILES string of the molecule is COc1ccc(/C=C2\Oc3cc(OCc4ccc(C)cc4)cc(C)c3C2=O)cc1. The van der Waals surface area contributed by atoms with Crippen LogP contribution in [0.25, 0.3) is 6.08 Å². The van der Waals surface area contributed by atoms with Crippen molar-refractivity contribution in [3.05, 3.63) is 94.2 Å². The molecule has 0 N–H and O–H groups in total. The molecule has 146 valence electrons. The van der Waals surface area contributed by atoms with Gasteiger partial charge in [-0.1, -0.05) is 42.0 Å². The van der Waals surface area contributed by atoms with E-state index in [0.29, 0.717) is 29.4 Å². The molecule has 0 aliphatic carbocycles. The molecule has 0 fully saturated rings. The highest BCUT2D eigenvalue weighted by molar-refractivity contribution is 6.15. The standard InChI is InChI=1S/C25H22O4/c1-16-4-6-19(7-5-16)15-28-21-12-17(2)24-22(14-21)29-23(25(24)26)13-18-8-10-20(27-3)11-9-18/h4-14H,15H2,1-3H3/b23-13-. The summed E-state index contributed by atoms with van der Waals surface area (Å²) in [6.07, 6.45) is 1.74. The Hall–Kier alpha value is -3.53. The molecule has 1 aliphatic heterocycles. The number of ketones is 1. The molecule has 0 saturated heterocycles. The zero-order valence-electron chi connectivity index (χ0n) is 16.7. The normalized spacial score (nSPS) is 13.9. The number of allylic oxidation sites excluding steroid dienone is 1. The second-order valence-electron chi connectivity index (χ2n) is 7.10. The van der Waals surface area contributed by atoms with E-state index in [-0.39, 0.29) is 5.78 Å². The number of ether oxygens (including phenoxy) is 3. The number of carbonyl (C=O) groups is 1. The third kappa shape index (κ3) is 4.02. The highest BCUT2D eigenvalue weighted by atomic mass is 16.5. The number of carbonyl (C=O) groups excluding carboxylic acids is 1. The van der Waals surface area contributed by atoms with Gasteiger partial charge in [0.2, 0.25) is 5.78 Å². The van der Waals surface area contributed by atoms with Gasteiger partial charge in [-0.2, -0.15) is 0 Å². The lowest BCUT2D eigenvalue weighted by molar-refractivity contribution is 0.101. The van der Waals surface area contributed by atoms with Crippen LogP contribution in [0.5, 0.6) is 17.2 Å². The van der Waals surface area contributed by atoms with Gasteiger partial charge in [-0.25, -0.2) is 0 Å². The summed E-state index contributed by atoms with van der Waals surface area (Å²) in [5.74, 6) is 2.18. The third-order valence-corrected chi connectivity index (χ3v) is 4.88. The van der Waals surface area contributed by atoms with E-state index in [9.17, 15) is 4.79 Å². The Morgan fingerprint density at radius 1 is 0.931 bits per heavy atom. The van der Waals surface area contributed by atoms with Crippen LogP contribution in [-0.2, 0) is 6.61 Å². The van der Waals surface area contributed by atoms with Crippen molar-refractivity contribution in [3.63, 3.8) is 0 Å². The van der Waals surface area contributed by atoms with E-state index in [4.69, 9.17) is 14.2 Å². The first-order valence-electron chi connectivity index (χ1n) is 9.45. The van der Waals surface area contributed by atoms with Gasteiger partial charge >= 0.3 is 0 Å². The van der Waals surface area contributed by atoms with E-state index in [1.54, 1.807) is 19.3 Å². The summed E-state index contributed by atoms with van der Waals surface area (Å²) in [6.45, 7) is 4.41. The Labute approximate surface area is 170 Å². The van der Waals surface area contributed by atoms with Crippen LogP contribution in [0.3, 0.4) is 0 Å². The maximum absolute atomic E-state index is 12.8. The second-order valence-corrected chi connectivity index (χ2v) is 7.10. The van der Waals surface area contributed by atoms with Gasteiger partial charge in [0.1, 0.15) is 23.9 Å². The average molecular weight is 386 g/mol. The number of rotatable bonds is 5. The van der Waals surface area contributed by atoms with Gasteiger partial charge in [0.25, 0.3) is 0 Å². The molecule has 4 heteroatoms. The molecule has 0 spiro atoms. The van der Waals surface area contributed by atoms with Crippen LogP contribution >= 0.6 is 0 Å². The highest BCUT2D eigenvalue weighted by Gasteiger charge is 2.30. The molecule has 0 aromatic heterocycles. The topological polar surface area (TPSA) is 44.8 Å². The molecule has 0 saturated carbocycles. The summed E-state index contributed by atoms with van der Waals surface area (Å²) in [6, 6.07) is 19.3. The molecule has 0 bridgehead atoms. The van der Waals surface area contributed by atoms with Gasteiger partial charge in [-0.15, -0.1) is 0 Å². The molecule has 0 radical (unpaired) electrons. The van der Waals surface area contributed by atoms with E-state index in [2.05, 4.69) is 19.1 Å². The quantitative estimate of drug-likeness (QED) is 0.543. The van der Waals surface area contributed by atoms with Crippen LogP contribution in [0.2, 0.25) is 0 Å². The van der Waals surface area contributed by atoms with Gasteiger partial charge in [0, 0.05) is 6.07 Å². The molecule has 0 atom stereocenters. The van der Waals surface area contributed by atoms with Crippen molar-refractivity contribution >= 4 is 11.9 Å². The van der Waals surface area contributed by atoms with Crippen molar-refractivity contribution in [1.29, 1.82) is 0 Å². The smallest absolute Gasteiger partial charge is 0.232 e. The van der Waals surface area contributed by atoms with Crippen LogP contribution < -0.4 is 14.2 Å². The Balaban J connectivity index is 1.54. The molecule has 0 amide bonds. The Bertz CT molecular complexity index is 1080. The predicted molar refractivity (Wildman–Crippen MR) is 113 cm³/mol. The Kier molecular flexibility index (Phi) is 5.09. The first-order valence-corrected chi connectivity index (χ1v) is 9.45. The van der Waals surface area contributed by atoms with Crippen molar-refractivity contribution in [1.82, 2.24) is 0 Å². The fraction of sp³-hybridized carbons (Fsp3) is 0.160. The number of aryl methyl sites for hydroxylation is 2. The van der Waals surface area contributed by atoms with Gasteiger partial charge in [0.05, 0.1) is 12.7 Å². The third-order valence-electron chi connectivity index (χ3n) is 4.88. The number of methoxy groups -OCH3 is 1. The fourth-order valence-corrected chi connectivity index (χ4v) is 3.26. The summed E-state index contributed by atoms with van der Waals surface area (Å²) in [5.41, 5.74) is 4.60. The molecule has 29 heavy (non-hydrogen) atoms. The first-order chi connectivity index (χ1) is 14.0. The van der Waals surface area contributed by atoms with Gasteiger partial charge in [0.15, 0.2) is 5.76 Å². The summed E-state index contributed by atoms with van der Waals surface area (Å²) in [4.78, 5) is 12.8. The van der Waals surface area contributed by atoms with Crippen LogP contribution in [0.1, 0.15) is 32.6 Å². The van der Waals surface area contributed by atoms with Crippen LogP contribution in [-0.4, -0.2) is 12.9 Å². The molecule has 4 rings (SSSR count). The maximum atomic E-state index is 12.8. The van der Waals surface area contributed by atoms with Crippen molar-refractivity contribution in [2.45, 2.75) is 20.5 Å². The van der Waals surface area contributed by atoms with Crippen LogP contribution in [0, 0.1) is 13.8 Å². The van der Waals surface area contributed by atoms with E-state index in [1.165, 1.54) is 5.56 Å². The summed E-state index contributed by atoms with van der Waals surface area (Å²) >= 11 is 0. The number of fused-ring (bicyclic) bond motifs is 1. The first kappa shape index (κ1) is 18.8. The Morgan fingerprint density at radius 2 is 1.66 bits per heavy atom. The average Bonchev–Trinajstić information content (AvgIpc) is 3.04. The van der Waals surface area contributed by atoms with Gasteiger partial charge in [-0.05, 0) is 54.8 Å². The molecule has 1 heterocycles. The van der Waals surface area contributed by atoms with Crippen molar-refractivity contribution < 1.29 is 19.0 Å². The minimum Gasteiger partial charge on any atom is -0.497 e. The number of Topliss-reactive ketones (excluding diaryl/α,β-unsaturated/α-hetero) is 1. The minimum atomic E-state index is -0.113. The monoisotopic (exact) mass is 386 g/mol. The number of hydrogen-bond acceptors (Lipinski definition) is 4. The van der Waals surface area contributed by atoms with E-state index >= 15 is 0 Å². The number of benzene rings is 3. The molecule has 3 aromatic carbocycles. The maximum Gasteiger partial charge on any atom is 0.232 e. The number of hydrogen-bond donors (Lipinski definition) is 0. The minimum absolute atomic E-state index is 0.113. The molecule has 1 aliphatic rings. The lowest BCUT2D eigenvalue weighted by Crippen LogP contribution is -2.00. The van der Waals surface area contributed by atoms with Crippen molar-refractivity contribution in [3.8, 4) is 17.2 Å². The zero-order chi connectivity index (χ0) is 20.4. The fourth-order valence-electron chi connectivity index (χ4n) is 3.26. The second kappa shape index (κ2) is 7.84. The molecule has 3 aromatic rings. The largest absolute Gasteiger partial charge is 0.497 e. The molecule has 0 unspecified atom stereocenters. The molecular formula is C25H22O4. The summed E-state index contributed by atoms with van der Waals surface area (Å²) < 4.78 is 17.0. The van der Waals surface area contributed by atoms with Gasteiger partial charge in [-0.3, -0.25) is 4.79 Å². The van der Waals surface area contributed by atoms with Crippen molar-refractivity contribution in [2.75, 3.05) is 7.11 Å². The highest BCUT2D eigenvalue weighted by Crippen LogP contribution is 2.37. The van der Waals surface area contributed by atoms with Crippen molar-refractivity contribution in [2.24, 2.45) is 0 Å².